The molecule has 0 spiro atoms. The molecule has 2 N–H and O–H groups in total. The topological polar surface area (TPSA) is 106 Å². The maximum atomic E-state index is 11.7. The Bertz CT molecular complexity index is 665. The van der Waals surface area contributed by atoms with Gasteiger partial charge in [-0.05, 0) is 31.3 Å². The number of aromatic nitrogens is 3. The SMILES string of the molecule is CC(C)CNC(=O)CCn1cc(CCCCNC(=O)/C=C/C(=O)C(C)C)nn1. The summed E-state index contributed by atoms with van der Waals surface area (Å²) >= 11 is 0. The average Bonchev–Trinajstić information content (AvgIpc) is 3.10. The van der Waals surface area contributed by atoms with Crippen LogP contribution in [0.4, 0.5) is 0 Å². The second-order valence-electron chi connectivity index (χ2n) is 7.56. The van der Waals surface area contributed by atoms with Gasteiger partial charge < -0.3 is 10.6 Å². The van der Waals surface area contributed by atoms with Crippen molar-refractivity contribution in [2.24, 2.45) is 11.8 Å². The van der Waals surface area contributed by atoms with Crippen molar-refractivity contribution in [3.63, 3.8) is 0 Å². The molecule has 0 fully saturated rings. The Balaban J connectivity index is 2.17. The monoisotopic (exact) mass is 391 g/mol. The number of ketones is 1. The molecule has 0 atom stereocenters. The van der Waals surface area contributed by atoms with Crippen LogP contribution >= 0.6 is 0 Å². The molecule has 0 aliphatic rings. The van der Waals surface area contributed by atoms with Gasteiger partial charge in [-0.25, -0.2) is 0 Å². The van der Waals surface area contributed by atoms with Gasteiger partial charge in [-0.3, -0.25) is 19.1 Å². The van der Waals surface area contributed by atoms with Crippen molar-refractivity contribution in [2.75, 3.05) is 13.1 Å². The van der Waals surface area contributed by atoms with Crippen LogP contribution in [0.3, 0.4) is 0 Å². The number of amides is 2. The summed E-state index contributed by atoms with van der Waals surface area (Å²) < 4.78 is 1.68. The van der Waals surface area contributed by atoms with Gasteiger partial charge in [0.1, 0.15) is 0 Å². The van der Waals surface area contributed by atoms with E-state index < -0.39 is 0 Å². The summed E-state index contributed by atoms with van der Waals surface area (Å²) in [5.74, 6) is 0.0362. The lowest BCUT2D eigenvalue weighted by molar-refractivity contribution is -0.121. The molecular weight excluding hydrogens is 358 g/mol. The molecule has 2 amide bonds. The first-order chi connectivity index (χ1) is 13.3. The highest BCUT2D eigenvalue weighted by atomic mass is 16.2. The molecule has 1 aromatic heterocycles. The quantitative estimate of drug-likeness (QED) is 0.393. The van der Waals surface area contributed by atoms with Crippen molar-refractivity contribution < 1.29 is 14.4 Å². The molecule has 1 rings (SSSR count). The Kier molecular flexibility index (Phi) is 10.8. The van der Waals surface area contributed by atoms with E-state index in [0.717, 1.165) is 25.0 Å². The van der Waals surface area contributed by atoms with Gasteiger partial charge in [-0.2, -0.15) is 0 Å². The summed E-state index contributed by atoms with van der Waals surface area (Å²) in [6.45, 7) is 9.43. The Morgan fingerprint density at radius 3 is 2.54 bits per heavy atom. The molecule has 28 heavy (non-hydrogen) atoms. The van der Waals surface area contributed by atoms with Crippen LogP contribution in [0, 0.1) is 11.8 Å². The Morgan fingerprint density at radius 1 is 1.11 bits per heavy atom. The number of allylic oxidation sites excluding steroid dienone is 1. The van der Waals surface area contributed by atoms with E-state index in [1.807, 2.05) is 6.20 Å². The van der Waals surface area contributed by atoms with Gasteiger partial charge in [0.05, 0.1) is 12.2 Å². The number of carbonyl (C=O) groups excluding carboxylic acids is 3. The molecule has 0 saturated heterocycles. The maximum Gasteiger partial charge on any atom is 0.244 e. The Morgan fingerprint density at radius 2 is 1.86 bits per heavy atom. The number of hydrogen-bond acceptors (Lipinski definition) is 5. The number of unbranched alkanes of at least 4 members (excludes halogenated alkanes) is 1. The highest BCUT2D eigenvalue weighted by Gasteiger charge is 2.06. The van der Waals surface area contributed by atoms with Gasteiger partial charge in [0.15, 0.2) is 5.78 Å². The molecule has 1 heterocycles. The predicted molar refractivity (Wildman–Crippen MR) is 107 cm³/mol. The van der Waals surface area contributed by atoms with E-state index in [1.54, 1.807) is 18.5 Å². The highest BCUT2D eigenvalue weighted by molar-refractivity contribution is 5.98. The van der Waals surface area contributed by atoms with Crippen molar-refractivity contribution in [1.82, 2.24) is 25.6 Å². The van der Waals surface area contributed by atoms with Gasteiger partial charge in [0.25, 0.3) is 0 Å². The lowest BCUT2D eigenvalue weighted by atomic mass is 10.1. The van der Waals surface area contributed by atoms with Crippen LogP contribution in [0.1, 0.15) is 52.7 Å². The highest BCUT2D eigenvalue weighted by Crippen LogP contribution is 2.02. The van der Waals surface area contributed by atoms with Crippen LogP contribution in [0.25, 0.3) is 0 Å². The van der Waals surface area contributed by atoms with Gasteiger partial charge >= 0.3 is 0 Å². The maximum absolute atomic E-state index is 11.7. The minimum Gasteiger partial charge on any atom is -0.356 e. The van der Waals surface area contributed by atoms with Crippen molar-refractivity contribution in [2.45, 2.75) is 59.9 Å². The van der Waals surface area contributed by atoms with E-state index in [2.05, 4.69) is 34.8 Å². The average molecular weight is 392 g/mol. The van der Waals surface area contributed by atoms with E-state index in [9.17, 15) is 14.4 Å². The molecule has 156 valence electrons. The first kappa shape index (κ1) is 23.5. The van der Waals surface area contributed by atoms with Gasteiger partial charge in [0, 0.05) is 37.7 Å². The lowest BCUT2D eigenvalue weighted by Crippen LogP contribution is -2.28. The van der Waals surface area contributed by atoms with Crippen molar-refractivity contribution in [1.29, 1.82) is 0 Å². The standard InChI is InChI=1S/C20H33N5O3/c1-15(2)13-22-20(28)10-12-25-14-17(23-24-25)7-5-6-11-21-19(27)9-8-18(26)16(3)4/h8-9,14-16H,5-7,10-13H2,1-4H3,(H,21,27)(H,22,28)/b9-8+. The summed E-state index contributed by atoms with van der Waals surface area (Å²) in [4.78, 5) is 34.7. The first-order valence-corrected chi connectivity index (χ1v) is 9.93. The van der Waals surface area contributed by atoms with E-state index in [0.29, 0.717) is 32.0 Å². The number of aryl methyl sites for hydroxylation is 2. The van der Waals surface area contributed by atoms with Crippen molar-refractivity contribution in [3.8, 4) is 0 Å². The van der Waals surface area contributed by atoms with Crippen LogP contribution in [0.15, 0.2) is 18.3 Å². The smallest absolute Gasteiger partial charge is 0.244 e. The zero-order valence-corrected chi connectivity index (χ0v) is 17.4. The van der Waals surface area contributed by atoms with Crippen LogP contribution in [-0.4, -0.2) is 45.7 Å². The van der Waals surface area contributed by atoms with E-state index in [1.165, 1.54) is 12.2 Å². The summed E-state index contributed by atoms with van der Waals surface area (Å²) in [6, 6.07) is 0. The minimum absolute atomic E-state index is 0.0191. The van der Waals surface area contributed by atoms with Crippen LogP contribution in [0.5, 0.6) is 0 Å². The largest absolute Gasteiger partial charge is 0.356 e. The summed E-state index contributed by atoms with van der Waals surface area (Å²) in [5, 5.41) is 13.8. The molecule has 0 saturated carbocycles. The van der Waals surface area contributed by atoms with Crippen molar-refractivity contribution in [3.05, 3.63) is 24.0 Å². The summed E-state index contributed by atoms with van der Waals surface area (Å²) in [7, 11) is 0. The molecule has 8 heteroatoms. The van der Waals surface area contributed by atoms with Crippen LogP contribution < -0.4 is 10.6 Å². The molecular formula is C20H33N5O3. The van der Waals surface area contributed by atoms with Gasteiger partial charge in [-0.1, -0.05) is 32.9 Å². The number of nitrogens with zero attached hydrogens (tertiary/aromatic N) is 3. The summed E-state index contributed by atoms with van der Waals surface area (Å²) in [5.41, 5.74) is 0.872. The van der Waals surface area contributed by atoms with E-state index in [-0.39, 0.29) is 23.5 Å². The zero-order chi connectivity index (χ0) is 20.9. The third-order valence-electron chi connectivity index (χ3n) is 3.99. The van der Waals surface area contributed by atoms with Gasteiger partial charge in [0.2, 0.25) is 11.8 Å². The number of nitrogens with one attached hydrogen (secondary N) is 2. The normalized spacial score (nSPS) is 11.4. The molecule has 0 bridgehead atoms. The number of rotatable bonds is 13. The number of carbonyl (C=O) groups is 3. The fourth-order valence-corrected chi connectivity index (χ4v) is 2.24. The third-order valence-corrected chi connectivity index (χ3v) is 3.99. The molecule has 0 unspecified atom stereocenters. The van der Waals surface area contributed by atoms with Gasteiger partial charge in [-0.15, -0.1) is 5.10 Å². The van der Waals surface area contributed by atoms with Crippen LogP contribution in [0.2, 0.25) is 0 Å². The van der Waals surface area contributed by atoms with Crippen LogP contribution in [-0.2, 0) is 27.3 Å². The Hall–Kier alpha value is -2.51. The lowest BCUT2D eigenvalue weighted by Gasteiger charge is -2.07. The predicted octanol–water partition coefficient (Wildman–Crippen LogP) is 1.66. The zero-order valence-electron chi connectivity index (χ0n) is 17.4. The first-order valence-electron chi connectivity index (χ1n) is 9.93. The molecule has 0 radical (unpaired) electrons. The fraction of sp³-hybridized carbons (Fsp3) is 0.650. The van der Waals surface area contributed by atoms with E-state index >= 15 is 0 Å². The Labute approximate surface area is 167 Å². The minimum atomic E-state index is -0.254. The second kappa shape index (κ2) is 12.8. The fourth-order valence-electron chi connectivity index (χ4n) is 2.24. The third kappa shape index (κ3) is 10.6. The molecule has 0 aliphatic heterocycles. The summed E-state index contributed by atoms with van der Waals surface area (Å²) in [6.07, 6.45) is 7.28. The molecule has 8 nitrogen and oxygen atoms in total. The number of hydrogen-bond donors (Lipinski definition) is 2. The van der Waals surface area contributed by atoms with E-state index in [4.69, 9.17) is 0 Å². The van der Waals surface area contributed by atoms with Crippen molar-refractivity contribution >= 4 is 17.6 Å². The molecule has 0 aromatic carbocycles. The molecule has 1 aromatic rings. The second-order valence-corrected chi connectivity index (χ2v) is 7.56. The molecule has 0 aliphatic carbocycles.